The number of amides is 2. The number of nitrogens with one attached hydrogen (secondary N) is 2. The lowest BCUT2D eigenvalue weighted by Gasteiger charge is -2.19. The summed E-state index contributed by atoms with van der Waals surface area (Å²) in [5.74, 6) is 0.372. The van der Waals surface area contributed by atoms with E-state index in [1.807, 2.05) is 31.2 Å². The van der Waals surface area contributed by atoms with Crippen molar-refractivity contribution >= 4 is 17.5 Å². The molecule has 1 aromatic heterocycles. The molecule has 0 fully saturated rings. The van der Waals surface area contributed by atoms with Gasteiger partial charge in [0, 0.05) is 12.7 Å². The molecule has 2 N–H and O–H groups in total. The van der Waals surface area contributed by atoms with Gasteiger partial charge in [0.2, 0.25) is 11.8 Å². The third kappa shape index (κ3) is 5.41. The first kappa shape index (κ1) is 18.6. The summed E-state index contributed by atoms with van der Waals surface area (Å²) in [6.45, 7) is 6.04. The molecule has 0 bridgehead atoms. The van der Waals surface area contributed by atoms with Crippen LogP contribution in [-0.2, 0) is 16.6 Å². The van der Waals surface area contributed by atoms with Gasteiger partial charge >= 0.3 is 0 Å². The quantitative estimate of drug-likeness (QED) is 0.755. The predicted molar refractivity (Wildman–Crippen MR) is 95.8 cm³/mol. The predicted octanol–water partition coefficient (Wildman–Crippen LogP) is 2.36. The van der Waals surface area contributed by atoms with Gasteiger partial charge in [-0.25, -0.2) is 4.98 Å². The van der Waals surface area contributed by atoms with Crippen LogP contribution in [0.15, 0.2) is 30.6 Å². The number of carbonyl (C=O) groups excluding carboxylic acids is 2. The van der Waals surface area contributed by atoms with E-state index >= 15 is 0 Å². The lowest BCUT2D eigenvalue weighted by Crippen LogP contribution is -2.33. The van der Waals surface area contributed by atoms with E-state index in [-0.39, 0.29) is 24.3 Å². The van der Waals surface area contributed by atoms with Crippen molar-refractivity contribution in [1.29, 1.82) is 0 Å². The molecule has 134 valence electrons. The maximum atomic E-state index is 12.3. The van der Waals surface area contributed by atoms with Crippen molar-refractivity contribution in [3.63, 3.8) is 0 Å². The lowest BCUT2D eigenvalue weighted by molar-refractivity contribution is -0.127. The van der Waals surface area contributed by atoms with E-state index < -0.39 is 0 Å². The molecule has 0 aliphatic heterocycles. The topological polar surface area (TPSA) is 88.9 Å². The minimum atomic E-state index is -0.340. The number of benzene rings is 1. The van der Waals surface area contributed by atoms with Crippen LogP contribution in [0.5, 0.6) is 0 Å². The van der Waals surface area contributed by atoms with Gasteiger partial charge < -0.3 is 10.6 Å². The van der Waals surface area contributed by atoms with Crippen molar-refractivity contribution < 1.29 is 9.59 Å². The van der Waals surface area contributed by atoms with Crippen LogP contribution in [-0.4, -0.2) is 26.6 Å². The fourth-order valence-electron chi connectivity index (χ4n) is 2.62. The van der Waals surface area contributed by atoms with Crippen LogP contribution in [0.25, 0.3) is 0 Å². The smallest absolute Gasteiger partial charge is 0.233 e. The molecule has 1 atom stereocenters. The molecular formula is C18H25N5O2. The number of hydrogen-bond donors (Lipinski definition) is 2. The summed E-state index contributed by atoms with van der Waals surface area (Å²) < 4.78 is 1.64. The Bertz CT molecular complexity index is 739. The largest absolute Gasteiger partial charge is 0.346 e. The highest BCUT2D eigenvalue weighted by Gasteiger charge is 2.21. The average molecular weight is 343 g/mol. The summed E-state index contributed by atoms with van der Waals surface area (Å²) in [5, 5.41) is 9.72. The molecule has 2 amide bonds. The fourth-order valence-corrected chi connectivity index (χ4v) is 2.62. The molecule has 0 radical (unpaired) electrons. The van der Waals surface area contributed by atoms with Crippen molar-refractivity contribution in [2.45, 2.75) is 39.7 Å². The first-order valence-corrected chi connectivity index (χ1v) is 8.35. The van der Waals surface area contributed by atoms with Gasteiger partial charge in [-0.2, -0.15) is 5.10 Å². The Morgan fingerprint density at radius 1 is 1.20 bits per heavy atom. The number of hydrogen-bond acceptors (Lipinski definition) is 4. The van der Waals surface area contributed by atoms with Crippen molar-refractivity contribution in [3.05, 3.63) is 42.0 Å². The monoisotopic (exact) mass is 343 g/mol. The molecule has 1 heterocycles. The second-order valence-electron chi connectivity index (χ2n) is 6.53. The molecule has 0 aliphatic carbocycles. The number of rotatable bonds is 7. The first-order valence-electron chi connectivity index (χ1n) is 8.35. The number of carbonyl (C=O) groups is 2. The van der Waals surface area contributed by atoms with Crippen LogP contribution >= 0.6 is 0 Å². The van der Waals surface area contributed by atoms with E-state index in [0.717, 1.165) is 12.0 Å². The molecule has 2 rings (SSSR count). The average Bonchev–Trinajstić information content (AvgIpc) is 2.94. The van der Waals surface area contributed by atoms with Crippen LogP contribution < -0.4 is 10.6 Å². The van der Waals surface area contributed by atoms with Crippen LogP contribution in [0, 0.1) is 12.8 Å². The van der Waals surface area contributed by atoms with E-state index in [2.05, 4.69) is 34.6 Å². The summed E-state index contributed by atoms with van der Waals surface area (Å²) in [6.07, 6.45) is 1.94. The van der Waals surface area contributed by atoms with Gasteiger partial charge in [0.1, 0.15) is 18.6 Å². The molecule has 0 unspecified atom stereocenters. The normalized spacial score (nSPS) is 12.0. The van der Waals surface area contributed by atoms with E-state index in [1.165, 1.54) is 6.33 Å². The fraction of sp³-hybridized carbons (Fsp3) is 0.444. The van der Waals surface area contributed by atoms with E-state index in [9.17, 15) is 9.59 Å². The highest BCUT2D eigenvalue weighted by molar-refractivity contribution is 6.03. The van der Waals surface area contributed by atoms with Crippen LogP contribution in [0.2, 0.25) is 0 Å². The Labute approximate surface area is 147 Å². The highest BCUT2D eigenvalue weighted by atomic mass is 16.2. The third-order valence-electron chi connectivity index (χ3n) is 3.84. The Morgan fingerprint density at radius 3 is 2.52 bits per heavy atom. The number of nitrogens with zero attached hydrogens (tertiary/aromatic N) is 3. The summed E-state index contributed by atoms with van der Waals surface area (Å²) in [4.78, 5) is 28.6. The molecule has 1 aromatic carbocycles. The summed E-state index contributed by atoms with van der Waals surface area (Å²) in [6, 6.07) is 7.19. The second kappa shape index (κ2) is 8.41. The van der Waals surface area contributed by atoms with Gasteiger partial charge in [-0.05, 0) is 30.9 Å². The third-order valence-corrected chi connectivity index (χ3v) is 3.84. The van der Waals surface area contributed by atoms with Gasteiger partial charge in [-0.3, -0.25) is 14.3 Å². The number of aromatic nitrogens is 3. The summed E-state index contributed by atoms with van der Waals surface area (Å²) in [7, 11) is 1.78. The minimum Gasteiger partial charge on any atom is -0.346 e. The zero-order valence-corrected chi connectivity index (χ0v) is 15.1. The maximum absolute atomic E-state index is 12.3. The van der Waals surface area contributed by atoms with Crippen molar-refractivity contribution in [3.8, 4) is 0 Å². The van der Waals surface area contributed by atoms with Gasteiger partial charge in [0.15, 0.2) is 0 Å². The minimum absolute atomic E-state index is 0.235. The second-order valence-corrected chi connectivity index (χ2v) is 6.53. The molecule has 0 spiro atoms. The highest BCUT2D eigenvalue weighted by Crippen LogP contribution is 2.19. The first-order chi connectivity index (χ1) is 11.9. The van der Waals surface area contributed by atoms with Crippen LogP contribution in [0.3, 0.4) is 0 Å². The van der Waals surface area contributed by atoms with Gasteiger partial charge in [0.05, 0.1) is 6.04 Å². The van der Waals surface area contributed by atoms with Crippen molar-refractivity contribution in [2.24, 2.45) is 13.0 Å². The Balaban J connectivity index is 1.98. The lowest BCUT2D eigenvalue weighted by atomic mass is 10.0. The molecule has 7 heteroatoms. The molecular weight excluding hydrogens is 318 g/mol. The van der Waals surface area contributed by atoms with Crippen LogP contribution in [0.4, 0.5) is 5.69 Å². The molecule has 0 aliphatic rings. The maximum Gasteiger partial charge on any atom is 0.233 e. The van der Waals surface area contributed by atoms with Gasteiger partial charge in [-0.15, -0.1) is 0 Å². The van der Waals surface area contributed by atoms with E-state index in [4.69, 9.17) is 0 Å². The number of anilines is 1. The molecule has 0 saturated carbocycles. The Hall–Kier alpha value is -2.70. The van der Waals surface area contributed by atoms with Crippen LogP contribution in [0.1, 0.15) is 44.1 Å². The number of para-hydroxylation sites is 1. The summed E-state index contributed by atoms with van der Waals surface area (Å²) >= 11 is 0. The van der Waals surface area contributed by atoms with Gasteiger partial charge in [0.25, 0.3) is 0 Å². The van der Waals surface area contributed by atoms with Gasteiger partial charge in [-0.1, -0.05) is 32.0 Å². The standard InChI is InChI=1S/C18H25N5O2/c1-12(2)9-15(18-19-11-20-23(18)4)22-17(25)10-16(24)21-14-8-6-5-7-13(14)3/h5-8,11-12,15H,9-10H2,1-4H3,(H,21,24)(H,22,25)/t15-/m1/s1. The Morgan fingerprint density at radius 2 is 1.92 bits per heavy atom. The van der Waals surface area contributed by atoms with E-state index in [1.54, 1.807) is 11.7 Å². The molecule has 2 aromatic rings. The number of aryl methyl sites for hydroxylation is 2. The Kier molecular flexibility index (Phi) is 6.27. The van der Waals surface area contributed by atoms with Crippen molar-refractivity contribution in [1.82, 2.24) is 20.1 Å². The zero-order valence-electron chi connectivity index (χ0n) is 15.1. The molecule has 7 nitrogen and oxygen atoms in total. The molecule has 25 heavy (non-hydrogen) atoms. The van der Waals surface area contributed by atoms with Crippen molar-refractivity contribution in [2.75, 3.05) is 5.32 Å². The van der Waals surface area contributed by atoms with E-state index in [0.29, 0.717) is 17.4 Å². The zero-order chi connectivity index (χ0) is 18.4. The SMILES string of the molecule is Cc1ccccc1NC(=O)CC(=O)N[C@H](CC(C)C)c1ncnn1C. The molecule has 0 saturated heterocycles. The summed E-state index contributed by atoms with van der Waals surface area (Å²) in [5.41, 5.74) is 1.67.